The van der Waals surface area contributed by atoms with Crippen molar-refractivity contribution in [2.24, 2.45) is 0 Å². The van der Waals surface area contributed by atoms with E-state index in [0.29, 0.717) is 6.04 Å². The van der Waals surface area contributed by atoms with Crippen LogP contribution in [0.2, 0.25) is 0 Å². The van der Waals surface area contributed by atoms with Gasteiger partial charge in [-0.3, -0.25) is 4.90 Å². The number of hydrogen-bond donors (Lipinski definition) is 0. The van der Waals surface area contributed by atoms with Crippen molar-refractivity contribution in [3.05, 3.63) is 30.5 Å². The molecular formula is C22H30N4O2. The van der Waals surface area contributed by atoms with E-state index in [-0.39, 0.29) is 6.03 Å². The molecule has 3 heterocycles. The molecule has 6 heteroatoms. The number of fused-ring (bicyclic) bond motifs is 1. The summed E-state index contributed by atoms with van der Waals surface area (Å²) in [4.78, 5) is 21.9. The molecule has 0 radical (unpaired) electrons. The minimum atomic E-state index is 0.275. The van der Waals surface area contributed by atoms with E-state index in [1.54, 1.807) is 6.26 Å². The molecule has 2 saturated heterocycles. The number of carbonyl (C=O) groups excluding carboxylic acids is 1. The van der Waals surface area contributed by atoms with Crippen molar-refractivity contribution >= 4 is 22.7 Å². The lowest BCUT2D eigenvalue weighted by molar-refractivity contribution is 0.169. The summed E-state index contributed by atoms with van der Waals surface area (Å²) in [6.07, 6.45) is 6.73. The van der Waals surface area contributed by atoms with E-state index < -0.39 is 0 Å². The molecule has 0 spiro atoms. The Morgan fingerprint density at radius 1 is 0.929 bits per heavy atom. The first kappa shape index (κ1) is 17.9. The zero-order chi connectivity index (χ0) is 18.9. The maximum Gasteiger partial charge on any atom is 0.320 e. The first-order valence-electron chi connectivity index (χ1n) is 10.8. The van der Waals surface area contributed by atoms with Crippen molar-refractivity contribution in [2.45, 2.75) is 31.7 Å². The summed E-state index contributed by atoms with van der Waals surface area (Å²) in [7, 11) is 0. The van der Waals surface area contributed by atoms with Gasteiger partial charge in [-0.1, -0.05) is 18.9 Å². The number of benzene rings is 1. The second-order valence-corrected chi connectivity index (χ2v) is 8.34. The Balaban J connectivity index is 1.12. The molecule has 150 valence electrons. The van der Waals surface area contributed by atoms with E-state index in [2.05, 4.69) is 37.8 Å². The van der Waals surface area contributed by atoms with Crippen LogP contribution in [0.15, 0.2) is 34.9 Å². The molecule has 0 unspecified atom stereocenters. The molecule has 2 amide bonds. The second-order valence-electron chi connectivity index (χ2n) is 8.34. The highest BCUT2D eigenvalue weighted by molar-refractivity contribution is 5.91. The molecule has 0 atom stereocenters. The molecule has 1 aromatic heterocycles. The zero-order valence-electron chi connectivity index (χ0n) is 16.6. The monoisotopic (exact) mass is 382 g/mol. The maximum absolute atomic E-state index is 12.7. The molecule has 28 heavy (non-hydrogen) atoms. The average molecular weight is 383 g/mol. The average Bonchev–Trinajstić information content (AvgIpc) is 3.47. The molecule has 1 saturated carbocycles. The predicted octanol–water partition coefficient (Wildman–Crippen LogP) is 3.24. The van der Waals surface area contributed by atoms with Crippen LogP contribution in [0.5, 0.6) is 0 Å². The van der Waals surface area contributed by atoms with E-state index in [4.69, 9.17) is 4.42 Å². The molecule has 6 nitrogen and oxygen atoms in total. The molecule has 1 aliphatic carbocycles. The summed E-state index contributed by atoms with van der Waals surface area (Å²) in [5, 5.41) is 1.20. The minimum absolute atomic E-state index is 0.275. The number of piperazine rings is 1. The Morgan fingerprint density at radius 2 is 1.75 bits per heavy atom. The quantitative estimate of drug-likeness (QED) is 0.796. The number of anilines is 1. The molecule has 5 rings (SSSR count). The van der Waals surface area contributed by atoms with Crippen LogP contribution in [-0.4, -0.2) is 79.1 Å². The number of rotatable bonds is 5. The minimum Gasteiger partial charge on any atom is -0.464 e. The van der Waals surface area contributed by atoms with Crippen LogP contribution in [0, 0.1) is 0 Å². The Morgan fingerprint density at radius 3 is 2.57 bits per heavy atom. The number of nitrogens with zero attached hydrogens (tertiary/aromatic N) is 4. The van der Waals surface area contributed by atoms with Crippen LogP contribution in [0.1, 0.15) is 25.7 Å². The van der Waals surface area contributed by atoms with Gasteiger partial charge in [0.05, 0.1) is 6.26 Å². The first-order chi connectivity index (χ1) is 13.8. The Labute approximate surface area is 166 Å². The largest absolute Gasteiger partial charge is 0.464 e. The number of urea groups is 1. The summed E-state index contributed by atoms with van der Waals surface area (Å²) >= 11 is 0. The van der Waals surface area contributed by atoms with Gasteiger partial charge in [0.15, 0.2) is 0 Å². The molecule has 0 bridgehead atoms. The lowest BCUT2D eigenvalue weighted by Gasteiger charge is -2.37. The topological polar surface area (TPSA) is 43.2 Å². The summed E-state index contributed by atoms with van der Waals surface area (Å²) in [6.45, 7) is 7.79. The SMILES string of the molecule is O=C1N(CCN2CCN(c3cccc4occc34)CC2)CCN1C1CCCC1. The zero-order valence-corrected chi connectivity index (χ0v) is 16.6. The van der Waals surface area contributed by atoms with Crippen molar-refractivity contribution in [3.8, 4) is 0 Å². The van der Waals surface area contributed by atoms with Gasteiger partial charge in [0.1, 0.15) is 5.58 Å². The predicted molar refractivity (Wildman–Crippen MR) is 111 cm³/mol. The summed E-state index contributed by atoms with van der Waals surface area (Å²) in [5.74, 6) is 0. The Kier molecular flexibility index (Phi) is 4.89. The highest BCUT2D eigenvalue weighted by atomic mass is 16.3. The fraction of sp³-hybridized carbons (Fsp3) is 0.591. The molecule has 0 N–H and O–H groups in total. The number of hydrogen-bond acceptors (Lipinski definition) is 4. The van der Waals surface area contributed by atoms with Crippen LogP contribution in [-0.2, 0) is 0 Å². The van der Waals surface area contributed by atoms with Crippen LogP contribution in [0.3, 0.4) is 0 Å². The number of furan rings is 1. The number of carbonyl (C=O) groups is 1. The third kappa shape index (κ3) is 3.34. The molecule has 2 aromatic rings. The van der Waals surface area contributed by atoms with Crippen LogP contribution < -0.4 is 4.90 Å². The molecule has 3 aliphatic rings. The Bertz CT molecular complexity index is 821. The summed E-state index contributed by atoms with van der Waals surface area (Å²) < 4.78 is 5.54. The molecule has 3 fully saturated rings. The van der Waals surface area contributed by atoms with Crippen molar-refractivity contribution in [1.29, 1.82) is 0 Å². The molecular weight excluding hydrogens is 352 g/mol. The fourth-order valence-electron chi connectivity index (χ4n) is 5.09. The van der Waals surface area contributed by atoms with Gasteiger partial charge in [0, 0.05) is 69.5 Å². The van der Waals surface area contributed by atoms with Crippen molar-refractivity contribution in [3.63, 3.8) is 0 Å². The summed E-state index contributed by atoms with van der Waals surface area (Å²) in [5.41, 5.74) is 2.23. The highest BCUT2D eigenvalue weighted by Crippen LogP contribution is 2.29. The number of amides is 2. The standard InChI is InChI=1S/C22H30N4O2/c27-22-25(15-16-26(22)18-4-1-2-5-18)14-11-23-9-12-24(13-10-23)20-6-3-7-21-19(20)8-17-28-21/h3,6-8,17-18H,1-2,4-5,9-16H2. The molecule has 2 aliphatic heterocycles. The van der Waals surface area contributed by atoms with Gasteiger partial charge in [-0.15, -0.1) is 0 Å². The van der Waals surface area contributed by atoms with E-state index >= 15 is 0 Å². The van der Waals surface area contributed by atoms with Crippen LogP contribution in [0.25, 0.3) is 11.0 Å². The lowest BCUT2D eigenvalue weighted by Crippen LogP contribution is -2.49. The Hall–Kier alpha value is -2.21. The van der Waals surface area contributed by atoms with Crippen molar-refractivity contribution < 1.29 is 9.21 Å². The fourth-order valence-corrected chi connectivity index (χ4v) is 5.09. The van der Waals surface area contributed by atoms with Gasteiger partial charge in [0.25, 0.3) is 0 Å². The normalized spacial score (nSPS) is 22.1. The van der Waals surface area contributed by atoms with Gasteiger partial charge in [-0.2, -0.15) is 0 Å². The van der Waals surface area contributed by atoms with E-state index in [1.807, 2.05) is 6.07 Å². The van der Waals surface area contributed by atoms with E-state index in [1.165, 1.54) is 36.8 Å². The van der Waals surface area contributed by atoms with Gasteiger partial charge in [-0.05, 0) is 31.0 Å². The van der Waals surface area contributed by atoms with Gasteiger partial charge in [-0.25, -0.2) is 4.79 Å². The summed E-state index contributed by atoms with van der Waals surface area (Å²) in [6, 6.07) is 9.13. The van der Waals surface area contributed by atoms with Crippen molar-refractivity contribution in [1.82, 2.24) is 14.7 Å². The maximum atomic E-state index is 12.7. The van der Waals surface area contributed by atoms with Crippen LogP contribution >= 0.6 is 0 Å². The van der Waals surface area contributed by atoms with Gasteiger partial charge in [0.2, 0.25) is 0 Å². The van der Waals surface area contributed by atoms with Gasteiger partial charge >= 0.3 is 6.03 Å². The molecule has 1 aromatic carbocycles. The first-order valence-corrected chi connectivity index (χ1v) is 10.8. The smallest absolute Gasteiger partial charge is 0.320 e. The lowest BCUT2D eigenvalue weighted by atomic mass is 10.2. The third-order valence-corrected chi connectivity index (χ3v) is 6.76. The highest BCUT2D eigenvalue weighted by Gasteiger charge is 2.34. The third-order valence-electron chi connectivity index (χ3n) is 6.76. The van der Waals surface area contributed by atoms with E-state index in [0.717, 1.165) is 57.9 Å². The van der Waals surface area contributed by atoms with Crippen LogP contribution in [0.4, 0.5) is 10.5 Å². The van der Waals surface area contributed by atoms with Crippen molar-refractivity contribution in [2.75, 3.05) is 57.3 Å². The van der Waals surface area contributed by atoms with Gasteiger partial charge < -0.3 is 19.1 Å². The van der Waals surface area contributed by atoms with E-state index in [9.17, 15) is 4.79 Å². The second kappa shape index (κ2) is 7.66.